The molecule has 35 heavy (non-hydrogen) atoms. The minimum Gasteiger partial charge on any atom is -0.507 e. The average molecular weight is 477 g/mol. The minimum atomic E-state index is -0.753. The van der Waals surface area contributed by atoms with E-state index in [2.05, 4.69) is 9.97 Å². The first-order chi connectivity index (χ1) is 16.8. The van der Waals surface area contributed by atoms with E-state index in [4.69, 9.17) is 4.74 Å². The van der Waals surface area contributed by atoms with E-state index in [9.17, 15) is 19.5 Å². The van der Waals surface area contributed by atoms with Crippen LogP contribution in [0.15, 0.2) is 54.6 Å². The number of hydrogen-bond donors (Lipinski definition) is 2. The Kier molecular flexibility index (Phi) is 6.86. The summed E-state index contributed by atoms with van der Waals surface area (Å²) < 4.78 is 7.00. The van der Waals surface area contributed by atoms with Crippen molar-refractivity contribution in [1.82, 2.24) is 19.4 Å². The molecule has 2 aromatic heterocycles. The SMILES string of the molecule is CCOC(=O)c1[nH]c(C)c(C(O)=C2C(=O)C(=O)N(CCCn3ccnc3)C2c2ccccc2)c1C. The third kappa shape index (κ3) is 4.49. The number of esters is 1. The van der Waals surface area contributed by atoms with Crippen molar-refractivity contribution in [2.45, 2.75) is 39.8 Å². The number of nitrogens with one attached hydrogen (secondary N) is 1. The first-order valence-electron chi connectivity index (χ1n) is 11.5. The Morgan fingerprint density at radius 3 is 2.57 bits per heavy atom. The second-order valence-electron chi connectivity index (χ2n) is 8.40. The molecule has 3 aromatic rings. The number of aliphatic hydroxyl groups is 1. The van der Waals surface area contributed by atoms with Crippen LogP contribution in [0, 0.1) is 13.8 Å². The molecule has 1 aromatic carbocycles. The maximum atomic E-state index is 13.2. The van der Waals surface area contributed by atoms with E-state index in [0.29, 0.717) is 41.9 Å². The molecule has 2 N–H and O–H groups in total. The third-order valence-corrected chi connectivity index (χ3v) is 6.18. The number of ether oxygens (including phenoxy) is 1. The Balaban J connectivity index is 1.77. The second-order valence-corrected chi connectivity index (χ2v) is 8.40. The largest absolute Gasteiger partial charge is 0.507 e. The third-order valence-electron chi connectivity index (χ3n) is 6.18. The van der Waals surface area contributed by atoms with Crippen molar-refractivity contribution in [2.75, 3.05) is 13.2 Å². The van der Waals surface area contributed by atoms with Crippen molar-refractivity contribution >= 4 is 23.4 Å². The Bertz CT molecular complexity index is 1270. The Hall–Kier alpha value is -4.14. The van der Waals surface area contributed by atoms with Crippen LogP contribution in [0.5, 0.6) is 0 Å². The lowest BCUT2D eigenvalue weighted by Crippen LogP contribution is -2.31. The summed E-state index contributed by atoms with van der Waals surface area (Å²) in [6.07, 6.45) is 5.81. The molecule has 0 saturated carbocycles. The van der Waals surface area contributed by atoms with Crippen LogP contribution in [0.1, 0.15) is 52.3 Å². The zero-order valence-corrected chi connectivity index (χ0v) is 19.9. The highest BCUT2D eigenvalue weighted by atomic mass is 16.5. The maximum Gasteiger partial charge on any atom is 0.355 e. The first kappa shape index (κ1) is 24.0. The lowest BCUT2D eigenvalue weighted by Gasteiger charge is -2.25. The summed E-state index contributed by atoms with van der Waals surface area (Å²) >= 11 is 0. The number of aryl methyl sites for hydroxylation is 2. The molecule has 0 aliphatic carbocycles. The molecule has 9 nitrogen and oxygen atoms in total. The van der Waals surface area contributed by atoms with Gasteiger partial charge in [0.25, 0.3) is 11.7 Å². The molecular formula is C26H28N4O5. The molecule has 1 saturated heterocycles. The Morgan fingerprint density at radius 2 is 1.91 bits per heavy atom. The van der Waals surface area contributed by atoms with Gasteiger partial charge in [-0.2, -0.15) is 0 Å². The van der Waals surface area contributed by atoms with Gasteiger partial charge in [0.15, 0.2) is 0 Å². The molecule has 182 valence electrons. The smallest absolute Gasteiger partial charge is 0.355 e. The molecule has 1 amide bonds. The van der Waals surface area contributed by atoms with Gasteiger partial charge in [-0.05, 0) is 38.3 Å². The van der Waals surface area contributed by atoms with Gasteiger partial charge >= 0.3 is 5.97 Å². The van der Waals surface area contributed by atoms with Crippen LogP contribution in [0.25, 0.3) is 5.76 Å². The number of hydrogen-bond acceptors (Lipinski definition) is 6. The molecule has 9 heteroatoms. The standard InChI is InChI=1S/C26H28N4O5/c1-4-35-26(34)21-16(2)19(17(3)28-21)23(31)20-22(18-9-6-5-7-10-18)30(25(33)24(20)32)13-8-12-29-14-11-27-15-29/h5-7,9-11,14-15,22,28,31H,4,8,12-13H2,1-3H3. The molecule has 3 heterocycles. The normalized spacial score (nSPS) is 17.2. The van der Waals surface area contributed by atoms with Crippen LogP contribution in [-0.4, -0.2) is 55.4 Å². The van der Waals surface area contributed by atoms with Gasteiger partial charge in [0.05, 0.1) is 24.5 Å². The van der Waals surface area contributed by atoms with Gasteiger partial charge in [-0.25, -0.2) is 9.78 Å². The zero-order valence-electron chi connectivity index (χ0n) is 19.9. The molecule has 1 aliphatic heterocycles. The quantitative estimate of drug-likeness (QED) is 0.222. The van der Waals surface area contributed by atoms with Gasteiger partial charge in [-0.3, -0.25) is 9.59 Å². The monoisotopic (exact) mass is 476 g/mol. The van der Waals surface area contributed by atoms with E-state index in [0.717, 1.165) is 0 Å². The number of rotatable bonds is 8. The molecule has 4 rings (SSSR count). The number of likely N-dealkylation sites (tertiary alicyclic amines) is 1. The molecule has 0 bridgehead atoms. The summed E-state index contributed by atoms with van der Waals surface area (Å²) in [5.41, 5.74) is 2.21. The molecule has 1 unspecified atom stereocenters. The minimum absolute atomic E-state index is 0.00411. The molecule has 0 radical (unpaired) electrons. The van der Waals surface area contributed by atoms with Crippen LogP contribution in [0.2, 0.25) is 0 Å². The van der Waals surface area contributed by atoms with E-state index in [1.165, 1.54) is 4.90 Å². The van der Waals surface area contributed by atoms with Gasteiger partial charge in [0, 0.05) is 36.7 Å². The van der Waals surface area contributed by atoms with Crippen molar-refractivity contribution in [1.29, 1.82) is 0 Å². The summed E-state index contributed by atoms with van der Waals surface area (Å²) in [5.74, 6) is -2.28. The van der Waals surface area contributed by atoms with Gasteiger partial charge in [0.1, 0.15) is 11.5 Å². The number of ketones is 1. The predicted molar refractivity (Wildman–Crippen MR) is 129 cm³/mol. The number of nitrogens with zero attached hydrogens (tertiary/aromatic N) is 3. The van der Waals surface area contributed by atoms with Crippen LogP contribution in [-0.2, 0) is 20.9 Å². The fourth-order valence-electron chi connectivity index (χ4n) is 4.58. The number of aromatic amines is 1. The van der Waals surface area contributed by atoms with Crippen LogP contribution >= 0.6 is 0 Å². The van der Waals surface area contributed by atoms with Crippen molar-refractivity contribution in [3.63, 3.8) is 0 Å². The molecule has 1 fully saturated rings. The summed E-state index contributed by atoms with van der Waals surface area (Å²) in [7, 11) is 0. The number of H-pyrrole nitrogens is 1. The van der Waals surface area contributed by atoms with Gasteiger partial charge in [0.2, 0.25) is 0 Å². The molecule has 1 aliphatic rings. The Morgan fingerprint density at radius 1 is 1.17 bits per heavy atom. The predicted octanol–water partition coefficient (Wildman–Crippen LogP) is 3.52. The topological polar surface area (TPSA) is 118 Å². The summed E-state index contributed by atoms with van der Waals surface area (Å²) in [4.78, 5) is 47.2. The van der Waals surface area contributed by atoms with Crippen LogP contribution in [0.3, 0.4) is 0 Å². The van der Waals surface area contributed by atoms with Crippen LogP contribution in [0.4, 0.5) is 0 Å². The van der Waals surface area contributed by atoms with E-state index < -0.39 is 23.7 Å². The average Bonchev–Trinajstić information content (AvgIpc) is 3.53. The maximum absolute atomic E-state index is 13.2. The summed E-state index contributed by atoms with van der Waals surface area (Å²) in [6, 6.07) is 8.40. The number of carbonyl (C=O) groups excluding carboxylic acids is 3. The van der Waals surface area contributed by atoms with Crippen molar-refractivity contribution < 1.29 is 24.2 Å². The fraction of sp³-hybridized carbons (Fsp3) is 0.308. The van der Waals surface area contributed by atoms with E-state index in [1.807, 2.05) is 41.1 Å². The van der Waals surface area contributed by atoms with Crippen molar-refractivity contribution in [3.8, 4) is 0 Å². The highest BCUT2D eigenvalue weighted by Gasteiger charge is 2.46. The number of benzene rings is 1. The van der Waals surface area contributed by atoms with Gasteiger partial charge in [-0.1, -0.05) is 30.3 Å². The lowest BCUT2D eigenvalue weighted by atomic mass is 9.94. The summed E-state index contributed by atoms with van der Waals surface area (Å²) in [6.45, 7) is 6.22. The molecule has 1 atom stereocenters. The highest BCUT2D eigenvalue weighted by Crippen LogP contribution is 2.40. The lowest BCUT2D eigenvalue weighted by molar-refractivity contribution is -0.139. The highest BCUT2D eigenvalue weighted by molar-refractivity contribution is 6.46. The zero-order chi connectivity index (χ0) is 25.1. The number of aliphatic hydroxyl groups excluding tert-OH is 1. The number of aromatic nitrogens is 3. The van der Waals surface area contributed by atoms with Crippen LogP contribution < -0.4 is 0 Å². The number of Topliss-reactive ketones (excluding diaryl/α,β-unsaturated/α-hetero) is 1. The van der Waals surface area contributed by atoms with Crippen molar-refractivity contribution in [3.05, 3.63) is 82.7 Å². The number of amides is 1. The molecular weight excluding hydrogens is 448 g/mol. The van der Waals surface area contributed by atoms with Gasteiger partial charge in [-0.15, -0.1) is 0 Å². The number of imidazole rings is 1. The van der Waals surface area contributed by atoms with Gasteiger partial charge < -0.3 is 24.3 Å². The van der Waals surface area contributed by atoms with E-state index in [-0.39, 0.29) is 23.6 Å². The fourth-order valence-corrected chi connectivity index (χ4v) is 4.58. The molecule has 0 spiro atoms. The van der Waals surface area contributed by atoms with E-state index >= 15 is 0 Å². The Labute approximate surface area is 203 Å². The summed E-state index contributed by atoms with van der Waals surface area (Å²) in [5, 5.41) is 11.4. The second kappa shape index (κ2) is 10.0. The van der Waals surface area contributed by atoms with E-state index in [1.54, 1.807) is 33.3 Å². The van der Waals surface area contributed by atoms with Crippen molar-refractivity contribution in [2.24, 2.45) is 0 Å². The number of carbonyl (C=O) groups is 3. The first-order valence-corrected chi connectivity index (χ1v) is 11.5.